The largest absolute Gasteiger partial charge is 0.476 e. The summed E-state index contributed by atoms with van der Waals surface area (Å²) in [6.45, 7) is 0. The van der Waals surface area contributed by atoms with Crippen LogP contribution in [0, 0.1) is 0 Å². The SMILES string of the molecule is O=C(O)c1cnc(-n2cccn2)cn1. The molecule has 0 aliphatic rings. The first-order chi connectivity index (χ1) is 6.77. The molecule has 0 aliphatic carbocycles. The monoisotopic (exact) mass is 190 g/mol. The summed E-state index contributed by atoms with van der Waals surface area (Å²) < 4.78 is 1.50. The summed E-state index contributed by atoms with van der Waals surface area (Å²) in [5.41, 5.74) is -0.0825. The number of carboxylic acids is 1. The van der Waals surface area contributed by atoms with Crippen molar-refractivity contribution in [3.63, 3.8) is 0 Å². The average molecular weight is 190 g/mol. The van der Waals surface area contributed by atoms with E-state index < -0.39 is 5.97 Å². The summed E-state index contributed by atoms with van der Waals surface area (Å²) in [4.78, 5) is 18.1. The summed E-state index contributed by atoms with van der Waals surface area (Å²) in [5.74, 6) is -0.607. The Bertz CT molecular complexity index is 435. The van der Waals surface area contributed by atoms with Crippen LogP contribution in [0.5, 0.6) is 0 Å². The highest BCUT2D eigenvalue weighted by Gasteiger charge is 2.05. The highest BCUT2D eigenvalue weighted by atomic mass is 16.4. The van der Waals surface area contributed by atoms with Crippen LogP contribution >= 0.6 is 0 Å². The van der Waals surface area contributed by atoms with Crippen molar-refractivity contribution >= 4 is 5.97 Å². The number of aromatic nitrogens is 4. The fourth-order valence-corrected chi connectivity index (χ4v) is 0.954. The van der Waals surface area contributed by atoms with Crippen LogP contribution in [0.4, 0.5) is 0 Å². The van der Waals surface area contributed by atoms with Gasteiger partial charge in [-0.05, 0) is 6.07 Å². The molecule has 0 radical (unpaired) electrons. The third-order valence-electron chi connectivity index (χ3n) is 1.60. The van der Waals surface area contributed by atoms with Gasteiger partial charge in [0.2, 0.25) is 0 Å². The summed E-state index contributed by atoms with van der Waals surface area (Å²) >= 11 is 0. The Kier molecular flexibility index (Phi) is 1.94. The number of aromatic carboxylic acids is 1. The molecule has 2 aromatic heterocycles. The average Bonchev–Trinajstić information content (AvgIpc) is 2.71. The third-order valence-corrected chi connectivity index (χ3v) is 1.60. The van der Waals surface area contributed by atoms with Gasteiger partial charge < -0.3 is 5.11 Å². The fourth-order valence-electron chi connectivity index (χ4n) is 0.954. The van der Waals surface area contributed by atoms with Crippen LogP contribution < -0.4 is 0 Å². The molecule has 0 aliphatic heterocycles. The molecule has 6 heteroatoms. The Morgan fingerprint density at radius 1 is 1.36 bits per heavy atom. The molecule has 0 saturated heterocycles. The fraction of sp³-hybridized carbons (Fsp3) is 0. The molecule has 0 aromatic carbocycles. The van der Waals surface area contributed by atoms with Crippen molar-refractivity contribution in [1.29, 1.82) is 0 Å². The van der Waals surface area contributed by atoms with Gasteiger partial charge in [0.15, 0.2) is 11.5 Å². The maximum absolute atomic E-state index is 10.5. The Morgan fingerprint density at radius 2 is 2.21 bits per heavy atom. The van der Waals surface area contributed by atoms with Gasteiger partial charge in [0, 0.05) is 12.4 Å². The van der Waals surface area contributed by atoms with Gasteiger partial charge in [-0.2, -0.15) is 5.10 Å². The zero-order valence-electron chi connectivity index (χ0n) is 7.03. The lowest BCUT2D eigenvalue weighted by molar-refractivity contribution is 0.0690. The van der Waals surface area contributed by atoms with Crippen molar-refractivity contribution in [1.82, 2.24) is 19.7 Å². The van der Waals surface area contributed by atoms with Gasteiger partial charge in [0.05, 0.1) is 12.4 Å². The number of carbonyl (C=O) groups is 1. The lowest BCUT2D eigenvalue weighted by atomic mass is 10.4. The number of nitrogens with zero attached hydrogens (tertiary/aromatic N) is 4. The topological polar surface area (TPSA) is 80.9 Å². The Balaban J connectivity index is 2.36. The van der Waals surface area contributed by atoms with E-state index in [1.807, 2.05) is 0 Å². The molecule has 70 valence electrons. The Labute approximate surface area is 78.9 Å². The second kappa shape index (κ2) is 3.25. The standard InChI is InChI=1S/C8H6N4O2/c13-8(14)6-4-10-7(5-9-6)12-3-1-2-11-12/h1-5H,(H,13,14). The number of hydrogen-bond acceptors (Lipinski definition) is 4. The minimum Gasteiger partial charge on any atom is -0.476 e. The minimum atomic E-state index is -1.09. The third kappa shape index (κ3) is 1.45. The van der Waals surface area contributed by atoms with Crippen LogP contribution in [-0.2, 0) is 0 Å². The molecule has 0 fully saturated rings. The molecule has 0 saturated carbocycles. The van der Waals surface area contributed by atoms with Crippen molar-refractivity contribution in [2.24, 2.45) is 0 Å². The predicted molar refractivity (Wildman–Crippen MR) is 46.1 cm³/mol. The van der Waals surface area contributed by atoms with Gasteiger partial charge >= 0.3 is 5.97 Å². The van der Waals surface area contributed by atoms with E-state index in [1.165, 1.54) is 17.1 Å². The lowest BCUT2D eigenvalue weighted by Crippen LogP contribution is -2.04. The molecule has 0 bridgehead atoms. The number of carboxylic acid groups (broad SMARTS) is 1. The predicted octanol–water partition coefficient (Wildman–Crippen LogP) is 0.360. The molecule has 0 atom stereocenters. The van der Waals surface area contributed by atoms with Crippen molar-refractivity contribution < 1.29 is 9.90 Å². The number of rotatable bonds is 2. The lowest BCUT2D eigenvalue weighted by Gasteiger charge is -1.98. The molecular weight excluding hydrogens is 184 g/mol. The van der Waals surface area contributed by atoms with Gasteiger partial charge in [-0.1, -0.05) is 0 Å². The smallest absolute Gasteiger partial charge is 0.356 e. The van der Waals surface area contributed by atoms with Gasteiger partial charge in [0.1, 0.15) is 0 Å². The Hall–Kier alpha value is -2.24. The quantitative estimate of drug-likeness (QED) is 0.739. The molecule has 2 heterocycles. The van der Waals surface area contributed by atoms with E-state index in [9.17, 15) is 4.79 Å². The highest BCUT2D eigenvalue weighted by molar-refractivity contribution is 5.84. The van der Waals surface area contributed by atoms with Crippen molar-refractivity contribution in [3.05, 3.63) is 36.5 Å². The molecule has 2 rings (SSSR count). The molecule has 0 amide bonds. The normalized spacial score (nSPS) is 10.0. The van der Waals surface area contributed by atoms with Crippen LogP contribution in [0.1, 0.15) is 10.5 Å². The first kappa shape index (κ1) is 8.36. The summed E-state index contributed by atoms with van der Waals surface area (Å²) in [5, 5.41) is 12.5. The highest BCUT2D eigenvalue weighted by Crippen LogP contribution is 2.00. The van der Waals surface area contributed by atoms with Crippen molar-refractivity contribution in [3.8, 4) is 5.82 Å². The maximum Gasteiger partial charge on any atom is 0.356 e. The van der Waals surface area contributed by atoms with Gasteiger partial charge in [-0.3, -0.25) is 0 Å². The van der Waals surface area contributed by atoms with Crippen LogP contribution in [0.3, 0.4) is 0 Å². The van der Waals surface area contributed by atoms with E-state index >= 15 is 0 Å². The summed E-state index contributed by atoms with van der Waals surface area (Å²) in [6, 6.07) is 1.74. The number of hydrogen-bond donors (Lipinski definition) is 1. The second-order valence-electron chi connectivity index (χ2n) is 2.52. The van der Waals surface area contributed by atoms with Gasteiger partial charge in [-0.25, -0.2) is 19.4 Å². The van der Waals surface area contributed by atoms with E-state index in [-0.39, 0.29) is 5.69 Å². The van der Waals surface area contributed by atoms with Crippen LogP contribution in [0.2, 0.25) is 0 Å². The zero-order valence-corrected chi connectivity index (χ0v) is 7.03. The van der Waals surface area contributed by atoms with E-state index in [4.69, 9.17) is 5.11 Å². The second-order valence-corrected chi connectivity index (χ2v) is 2.52. The zero-order chi connectivity index (χ0) is 9.97. The van der Waals surface area contributed by atoms with Crippen LogP contribution in [0.15, 0.2) is 30.9 Å². The molecule has 14 heavy (non-hydrogen) atoms. The maximum atomic E-state index is 10.5. The molecule has 0 spiro atoms. The van der Waals surface area contributed by atoms with Crippen molar-refractivity contribution in [2.45, 2.75) is 0 Å². The minimum absolute atomic E-state index is 0.0825. The summed E-state index contributed by atoms with van der Waals surface area (Å²) in [6.07, 6.45) is 5.85. The van der Waals surface area contributed by atoms with Crippen molar-refractivity contribution in [2.75, 3.05) is 0 Å². The van der Waals surface area contributed by atoms with E-state index in [0.717, 1.165) is 0 Å². The first-order valence-electron chi connectivity index (χ1n) is 3.83. The van der Waals surface area contributed by atoms with Gasteiger partial charge in [-0.15, -0.1) is 0 Å². The first-order valence-corrected chi connectivity index (χ1v) is 3.83. The van der Waals surface area contributed by atoms with Crippen LogP contribution in [-0.4, -0.2) is 30.8 Å². The molecule has 1 N–H and O–H groups in total. The molecule has 2 aromatic rings. The van der Waals surface area contributed by atoms with Crippen LogP contribution in [0.25, 0.3) is 5.82 Å². The molecular formula is C8H6N4O2. The van der Waals surface area contributed by atoms with E-state index in [2.05, 4.69) is 15.1 Å². The molecule has 6 nitrogen and oxygen atoms in total. The van der Waals surface area contributed by atoms with E-state index in [1.54, 1.807) is 18.5 Å². The Morgan fingerprint density at radius 3 is 2.71 bits per heavy atom. The summed E-state index contributed by atoms with van der Waals surface area (Å²) in [7, 11) is 0. The van der Waals surface area contributed by atoms with E-state index in [0.29, 0.717) is 5.82 Å². The molecule has 0 unspecified atom stereocenters. The van der Waals surface area contributed by atoms with Gasteiger partial charge in [0.25, 0.3) is 0 Å².